The molecule has 34 heavy (non-hydrogen) atoms. The Balaban J connectivity index is 1.43. The van der Waals surface area contributed by atoms with Crippen molar-refractivity contribution in [1.29, 1.82) is 0 Å². The number of fused-ring (bicyclic) bond motifs is 3. The molecule has 0 radical (unpaired) electrons. The lowest BCUT2D eigenvalue weighted by molar-refractivity contribution is -0.153. The third-order valence-electron chi connectivity index (χ3n) is 6.84. The van der Waals surface area contributed by atoms with Crippen molar-refractivity contribution in [3.05, 3.63) is 59.7 Å². The first-order valence-corrected chi connectivity index (χ1v) is 12.0. The standard InChI is InChI=1S/C27H32N2O5/c1-27(2,25(32)29-16-10-4-3-5-15-23(29)24(30)31)28-26(33)34-17-22-20-13-8-6-11-18(20)19-12-7-9-14-21(19)22/h6-9,11-14,22-23H,3-5,10,15-17H2,1-2H3,(H,28,33)(H,30,31). The summed E-state index contributed by atoms with van der Waals surface area (Å²) in [7, 11) is 0. The van der Waals surface area contributed by atoms with Crippen LogP contribution in [0.15, 0.2) is 48.5 Å². The predicted octanol–water partition coefficient (Wildman–Crippen LogP) is 4.55. The van der Waals surface area contributed by atoms with Gasteiger partial charge >= 0.3 is 12.1 Å². The molecule has 0 saturated carbocycles. The Hall–Kier alpha value is -3.35. The van der Waals surface area contributed by atoms with E-state index in [-0.39, 0.29) is 12.5 Å². The summed E-state index contributed by atoms with van der Waals surface area (Å²) in [4.78, 5) is 39.3. The molecule has 1 atom stereocenters. The Morgan fingerprint density at radius 2 is 1.56 bits per heavy atom. The highest BCUT2D eigenvalue weighted by Gasteiger charge is 2.40. The summed E-state index contributed by atoms with van der Waals surface area (Å²) >= 11 is 0. The Bertz CT molecular complexity index is 1030. The summed E-state index contributed by atoms with van der Waals surface area (Å²) in [5.41, 5.74) is 3.20. The average Bonchev–Trinajstić information content (AvgIpc) is 3.10. The number of likely N-dealkylation sites (tertiary alicyclic amines) is 1. The Kier molecular flexibility index (Phi) is 6.91. The number of alkyl carbamates (subject to hydrolysis) is 1. The molecule has 2 aromatic carbocycles. The van der Waals surface area contributed by atoms with Gasteiger partial charge in [0.05, 0.1) is 0 Å². The van der Waals surface area contributed by atoms with Gasteiger partial charge in [0.25, 0.3) is 0 Å². The third-order valence-corrected chi connectivity index (χ3v) is 6.84. The van der Waals surface area contributed by atoms with Gasteiger partial charge in [-0.3, -0.25) is 4.79 Å². The average molecular weight is 465 g/mol. The van der Waals surface area contributed by atoms with Crippen LogP contribution in [0.25, 0.3) is 11.1 Å². The van der Waals surface area contributed by atoms with Gasteiger partial charge in [-0.25, -0.2) is 9.59 Å². The van der Waals surface area contributed by atoms with Crippen LogP contribution in [0.2, 0.25) is 0 Å². The summed E-state index contributed by atoms with van der Waals surface area (Å²) in [5.74, 6) is -1.50. The Labute approximate surface area is 200 Å². The molecule has 2 aromatic rings. The fourth-order valence-electron chi connectivity index (χ4n) is 5.09. The van der Waals surface area contributed by atoms with Gasteiger partial charge in [0, 0.05) is 12.5 Å². The molecule has 1 aliphatic carbocycles. The van der Waals surface area contributed by atoms with E-state index in [0.717, 1.165) is 47.9 Å². The van der Waals surface area contributed by atoms with Crippen LogP contribution in [-0.4, -0.2) is 52.7 Å². The molecular weight excluding hydrogens is 432 g/mol. The maximum Gasteiger partial charge on any atom is 0.408 e. The SMILES string of the molecule is CC(C)(NC(=O)OCC1c2ccccc2-c2ccccc21)C(=O)N1CCCCCCC1C(=O)O. The number of ether oxygens (including phenoxy) is 1. The van der Waals surface area contributed by atoms with Crippen LogP contribution in [0.1, 0.15) is 63.0 Å². The van der Waals surface area contributed by atoms with Gasteiger partial charge < -0.3 is 20.1 Å². The van der Waals surface area contributed by atoms with E-state index in [1.54, 1.807) is 13.8 Å². The molecule has 7 heteroatoms. The minimum absolute atomic E-state index is 0.0808. The molecule has 0 bridgehead atoms. The van der Waals surface area contributed by atoms with Crippen molar-refractivity contribution < 1.29 is 24.2 Å². The second-order valence-corrected chi connectivity index (χ2v) is 9.63. The van der Waals surface area contributed by atoms with Crippen LogP contribution < -0.4 is 5.32 Å². The zero-order valence-corrected chi connectivity index (χ0v) is 19.8. The van der Waals surface area contributed by atoms with Crippen LogP contribution >= 0.6 is 0 Å². The monoisotopic (exact) mass is 464 g/mol. The van der Waals surface area contributed by atoms with E-state index in [2.05, 4.69) is 17.4 Å². The minimum atomic E-state index is -1.30. The number of carboxylic acid groups (broad SMARTS) is 1. The van der Waals surface area contributed by atoms with Crippen molar-refractivity contribution in [2.75, 3.05) is 13.2 Å². The maximum absolute atomic E-state index is 13.3. The van der Waals surface area contributed by atoms with Crippen LogP contribution in [0.5, 0.6) is 0 Å². The second kappa shape index (κ2) is 9.87. The van der Waals surface area contributed by atoms with Gasteiger partial charge in [0.1, 0.15) is 18.2 Å². The number of hydrogen-bond acceptors (Lipinski definition) is 4. The van der Waals surface area contributed by atoms with E-state index in [0.29, 0.717) is 13.0 Å². The molecular formula is C27H32N2O5. The first-order chi connectivity index (χ1) is 16.3. The van der Waals surface area contributed by atoms with Gasteiger partial charge in [-0.05, 0) is 48.9 Å². The number of amides is 2. The first-order valence-electron chi connectivity index (χ1n) is 12.0. The van der Waals surface area contributed by atoms with Crippen molar-refractivity contribution in [2.45, 2.75) is 63.5 Å². The number of rotatable bonds is 5. The van der Waals surface area contributed by atoms with E-state index in [4.69, 9.17) is 4.74 Å². The van der Waals surface area contributed by atoms with E-state index in [9.17, 15) is 19.5 Å². The predicted molar refractivity (Wildman–Crippen MR) is 129 cm³/mol. The van der Waals surface area contributed by atoms with Crippen molar-refractivity contribution in [1.82, 2.24) is 10.2 Å². The largest absolute Gasteiger partial charge is 0.480 e. The molecule has 0 aromatic heterocycles. The zero-order chi connectivity index (χ0) is 24.3. The van der Waals surface area contributed by atoms with E-state index in [1.807, 2.05) is 36.4 Å². The molecule has 1 fully saturated rings. The quantitative estimate of drug-likeness (QED) is 0.677. The highest BCUT2D eigenvalue weighted by atomic mass is 16.5. The van der Waals surface area contributed by atoms with Gasteiger partial charge in [-0.15, -0.1) is 0 Å². The second-order valence-electron chi connectivity index (χ2n) is 9.63. The molecule has 1 unspecified atom stereocenters. The Morgan fingerprint density at radius 3 is 2.18 bits per heavy atom. The topological polar surface area (TPSA) is 95.9 Å². The molecule has 7 nitrogen and oxygen atoms in total. The Morgan fingerprint density at radius 1 is 0.971 bits per heavy atom. The lowest BCUT2D eigenvalue weighted by Crippen LogP contribution is -2.59. The summed E-state index contributed by atoms with van der Waals surface area (Å²) in [6.07, 6.45) is 3.16. The third kappa shape index (κ3) is 4.79. The fourth-order valence-corrected chi connectivity index (χ4v) is 5.09. The maximum atomic E-state index is 13.3. The summed E-state index contributed by atoms with van der Waals surface area (Å²) < 4.78 is 5.59. The molecule has 2 N–H and O–H groups in total. The van der Waals surface area contributed by atoms with E-state index < -0.39 is 29.6 Å². The molecule has 1 heterocycles. The summed E-state index contributed by atoms with van der Waals surface area (Å²) in [5, 5.41) is 12.4. The highest BCUT2D eigenvalue weighted by molar-refractivity contribution is 5.92. The van der Waals surface area contributed by atoms with Crippen molar-refractivity contribution in [2.24, 2.45) is 0 Å². The summed E-state index contributed by atoms with van der Waals surface area (Å²) in [6.45, 7) is 3.69. The van der Waals surface area contributed by atoms with Gasteiger partial charge in [0.2, 0.25) is 5.91 Å². The zero-order valence-electron chi connectivity index (χ0n) is 19.8. The van der Waals surface area contributed by atoms with Gasteiger partial charge in [-0.2, -0.15) is 0 Å². The number of carbonyl (C=O) groups is 3. The van der Waals surface area contributed by atoms with Crippen LogP contribution in [-0.2, 0) is 14.3 Å². The molecule has 2 amide bonds. The van der Waals surface area contributed by atoms with Gasteiger partial charge in [-0.1, -0.05) is 67.8 Å². The van der Waals surface area contributed by atoms with Crippen LogP contribution in [0.3, 0.4) is 0 Å². The number of carboxylic acids is 1. The lowest BCUT2D eigenvalue weighted by Gasteiger charge is -2.37. The van der Waals surface area contributed by atoms with E-state index >= 15 is 0 Å². The number of nitrogens with zero attached hydrogens (tertiary/aromatic N) is 1. The number of carbonyl (C=O) groups excluding carboxylic acids is 2. The molecule has 0 spiro atoms. The number of aliphatic carboxylic acids is 1. The normalized spacial score (nSPS) is 18.3. The summed E-state index contributed by atoms with van der Waals surface area (Å²) in [6, 6.07) is 15.3. The van der Waals surface area contributed by atoms with Gasteiger partial charge in [0.15, 0.2) is 0 Å². The van der Waals surface area contributed by atoms with Crippen molar-refractivity contribution >= 4 is 18.0 Å². The van der Waals surface area contributed by atoms with Crippen LogP contribution in [0, 0.1) is 0 Å². The molecule has 4 rings (SSSR count). The first kappa shape index (κ1) is 23.8. The molecule has 180 valence electrons. The number of benzene rings is 2. The molecule has 2 aliphatic rings. The number of hydrogen-bond donors (Lipinski definition) is 2. The van der Waals surface area contributed by atoms with Crippen molar-refractivity contribution in [3.63, 3.8) is 0 Å². The molecule has 1 aliphatic heterocycles. The number of nitrogens with one attached hydrogen (secondary N) is 1. The van der Waals surface area contributed by atoms with Crippen LogP contribution in [0.4, 0.5) is 4.79 Å². The fraction of sp³-hybridized carbons (Fsp3) is 0.444. The smallest absolute Gasteiger partial charge is 0.408 e. The minimum Gasteiger partial charge on any atom is -0.480 e. The highest BCUT2D eigenvalue weighted by Crippen LogP contribution is 2.44. The lowest BCUT2D eigenvalue weighted by atomic mass is 9.97. The molecule has 1 saturated heterocycles. The van der Waals surface area contributed by atoms with Crippen molar-refractivity contribution in [3.8, 4) is 11.1 Å². The van der Waals surface area contributed by atoms with E-state index in [1.165, 1.54) is 4.90 Å².